The number of nitrogens with one attached hydrogen (secondary N) is 2. The van der Waals surface area contributed by atoms with Crippen LogP contribution in [0.25, 0.3) is 10.9 Å². The van der Waals surface area contributed by atoms with Crippen molar-refractivity contribution in [2.45, 2.75) is 0 Å². The maximum atomic E-state index is 11.6. The molecule has 130 valence electrons. The van der Waals surface area contributed by atoms with E-state index in [4.69, 9.17) is 11.2 Å². The highest BCUT2D eigenvalue weighted by atomic mass is 16.5. The van der Waals surface area contributed by atoms with Gasteiger partial charge in [-0.3, -0.25) is 5.32 Å². The van der Waals surface area contributed by atoms with Gasteiger partial charge in [-0.2, -0.15) is 0 Å². The molecular weight excluding hydrogens is 332 g/mol. The van der Waals surface area contributed by atoms with Gasteiger partial charge in [0.25, 0.3) is 0 Å². The number of anilines is 3. The third kappa shape index (κ3) is 3.49. The van der Waals surface area contributed by atoms with Crippen molar-refractivity contribution in [3.05, 3.63) is 48.3 Å². The monoisotopic (exact) mass is 348 g/mol. The van der Waals surface area contributed by atoms with Crippen LogP contribution in [-0.4, -0.2) is 30.3 Å². The second-order valence-corrected chi connectivity index (χ2v) is 5.26. The summed E-state index contributed by atoms with van der Waals surface area (Å²) in [5.74, 6) is 3.62. The zero-order valence-corrected chi connectivity index (χ0v) is 14.2. The molecule has 1 heterocycles. The van der Waals surface area contributed by atoms with E-state index in [1.165, 1.54) is 20.5 Å². The number of fused-ring (bicyclic) bond motifs is 1. The predicted molar refractivity (Wildman–Crippen MR) is 99.8 cm³/mol. The first-order valence-corrected chi connectivity index (χ1v) is 7.66. The zero-order chi connectivity index (χ0) is 18.5. The second-order valence-electron chi connectivity index (χ2n) is 5.26. The number of carbonyl (C=O) groups is 1. The van der Waals surface area contributed by atoms with Gasteiger partial charge in [0.05, 0.1) is 25.4 Å². The van der Waals surface area contributed by atoms with Crippen LogP contribution in [-0.2, 0) is 4.74 Å². The topological polar surface area (TPSA) is 85.4 Å². The van der Waals surface area contributed by atoms with E-state index in [1.54, 1.807) is 12.1 Å². The Kier molecular flexibility index (Phi) is 4.85. The van der Waals surface area contributed by atoms with Crippen molar-refractivity contribution in [1.82, 2.24) is 9.97 Å². The predicted octanol–water partition coefficient (Wildman–Crippen LogP) is 3.54. The summed E-state index contributed by atoms with van der Waals surface area (Å²) in [6.45, 7) is 0. The molecule has 0 radical (unpaired) electrons. The van der Waals surface area contributed by atoms with Crippen LogP contribution >= 0.6 is 0 Å². The van der Waals surface area contributed by atoms with Crippen molar-refractivity contribution in [1.29, 1.82) is 0 Å². The SMILES string of the molecule is C#Cc1cccc(Nc2ncnc3cc(OC)c(NC(=O)OC)cc23)c1. The van der Waals surface area contributed by atoms with E-state index < -0.39 is 6.09 Å². The Balaban J connectivity index is 2.06. The number of hydrogen-bond donors (Lipinski definition) is 2. The molecule has 2 N–H and O–H groups in total. The average Bonchev–Trinajstić information content (AvgIpc) is 2.68. The van der Waals surface area contributed by atoms with Crippen molar-refractivity contribution < 1.29 is 14.3 Å². The van der Waals surface area contributed by atoms with Crippen LogP contribution in [0.2, 0.25) is 0 Å². The molecule has 0 aliphatic heterocycles. The molecule has 0 saturated heterocycles. The fraction of sp³-hybridized carbons (Fsp3) is 0.105. The molecule has 26 heavy (non-hydrogen) atoms. The molecule has 7 heteroatoms. The number of rotatable bonds is 4. The molecule has 0 atom stereocenters. The lowest BCUT2D eigenvalue weighted by molar-refractivity contribution is 0.187. The summed E-state index contributed by atoms with van der Waals surface area (Å²) in [5.41, 5.74) is 2.65. The standard InChI is InChI=1S/C19H16N4O3/c1-4-12-6-5-7-13(8-12)22-18-14-9-16(23-19(24)26-3)17(25-2)10-15(14)20-11-21-18/h1,5-11H,2-3H3,(H,23,24)(H,20,21,22). The molecule has 0 saturated carbocycles. The van der Waals surface area contributed by atoms with Crippen LogP contribution in [0.15, 0.2) is 42.7 Å². The van der Waals surface area contributed by atoms with E-state index in [0.29, 0.717) is 28.2 Å². The minimum atomic E-state index is -0.601. The number of aromatic nitrogens is 2. The van der Waals surface area contributed by atoms with Gasteiger partial charge in [0, 0.05) is 22.7 Å². The van der Waals surface area contributed by atoms with Gasteiger partial charge in [0.15, 0.2) is 0 Å². The van der Waals surface area contributed by atoms with Crippen LogP contribution in [0, 0.1) is 12.3 Å². The molecule has 1 amide bonds. The summed E-state index contributed by atoms with van der Waals surface area (Å²) in [4.78, 5) is 20.1. The Labute approximate surface area is 150 Å². The molecule has 1 aromatic heterocycles. The quantitative estimate of drug-likeness (QED) is 0.702. The Hall–Kier alpha value is -3.79. The molecule has 3 rings (SSSR count). The van der Waals surface area contributed by atoms with Crippen LogP contribution < -0.4 is 15.4 Å². The van der Waals surface area contributed by atoms with Crippen LogP contribution in [0.1, 0.15) is 5.56 Å². The third-order valence-electron chi connectivity index (χ3n) is 3.67. The third-order valence-corrected chi connectivity index (χ3v) is 3.67. The number of hydrogen-bond acceptors (Lipinski definition) is 6. The minimum absolute atomic E-state index is 0.446. The van der Waals surface area contributed by atoms with Crippen molar-refractivity contribution in [3.63, 3.8) is 0 Å². The van der Waals surface area contributed by atoms with Gasteiger partial charge in [0.2, 0.25) is 0 Å². The highest BCUT2D eigenvalue weighted by Crippen LogP contribution is 2.33. The number of methoxy groups -OCH3 is 2. The first-order valence-electron chi connectivity index (χ1n) is 7.66. The van der Waals surface area contributed by atoms with Gasteiger partial charge >= 0.3 is 6.09 Å². The summed E-state index contributed by atoms with van der Waals surface area (Å²) in [7, 11) is 2.80. The lowest BCUT2D eigenvalue weighted by Crippen LogP contribution is -2.12. The van der Waals surface area contributed by atoms with Crippen LogP contribution in [0.3, 0.4) is 0 Å². The summed E-state index contributed by atoms with van der Waals surface area (Å²) in [6.07, 6.45) is 6.29. The molecule has 0 spiro atoms. The number of benzene rings is 2. The average molecular weight is 348 g/mol. The Morgan fingerprint density at radius 3 is 2.77 bits per heavy atom. The maximum absolute atomic E-state index is 11.6. The summed E-state index contributed by atoms with van der Waals surface area (Å²) < 4.78 is 9.96. The molecule has 0 unspecified atom stereocenters. The number of carbonyl (C=O) groups excluding carboxylic acids is 1. The van der Waals surface area contributed by atoms with Crippen molar-refractivity contribution in [2.24, 2.45) is 0 Å². The van der Waals surface area contributed by atoms with E-state index in [2.05, 4.69) is 31.3 Å². The normalized spacial score (nSPS) is 10.0. The first-order chi connectivity index (χ1) is 12.6. The molecule has 0 fully saturated rings. The van der Waals surface area contributed by atoms with Crippen molar-refractivity contribution in [2.75, 3.05) is 24.9 Å². The first kappa shape index (κ1) is 17.0. The lowest BCUT2D eigenvalue weighted by atomic mass is 10.1. The van der Waals surface area contributed by atoms with E-state index >= 15 is 0 Å². The van der Waals surface area contributed by atoms with Gasteiger partial charge in [-0.05, 0) is 24.3 Å². The fourth-order valence-electron chi connectivity index (χ4n) is 2.43. The highest BCUT2D eigenvalue weighted by Gasteiger charge is 2.13. The molecule has 3 aromatic rings. The number of ether oxygens (including phenoxy) is 2. The number of terminal acetylenes is 1. The van der Waals surface area contributed by atoms with Crippen LogP contribution in [0.4, 0.5) is 22.0 Å². The largest absolute Gasteiger partial charge is 0.494 e. The summed E-state index contributed by atoms with van der Waals surface area (Å²) in [6, 6.07) is 10.8. The van der Waals surface area contributed by atoms with E-state index in [-0.39, 0.29) is 0 Å². The fourth-order valence-corrected chi connectivity index (χ4v) is 2.43. The Morgan fingerprint density at radius 2 is 2.04 bits per heavy atom. The Bertz CT molecular complexity index is 1010. The summed E-state index contributed by atoms with van der Waals surface area (Å²) in [5, 5.41) is 6.54. The highest BCUT2D eigenvalue weighted by molar-refractivity contribution is 5.98. The van der Waals surface area contributed by atoms with E-state index in [1.807, 2.05) is 24.3 Å². The number of amides is 1. The smallest absolute Gasteiger partial charge is 0.411 e. The van der Waals surface area contributed by atoms with E-state index in [9.17, 15) is 4.79 Å². The second kappa shape index (κ2) is 7.40. The van der Waals surface area contributed by atoms with Crippen molar-refractivity contribution in [3.8, 4) is 18.1 Å². The maximum Gasteiger partial charge on any atom is 0.411 e. The van der Waals surface area contributed by atoms with Crippen molar-refractivity contribution >= 4 is 34.2 Å². The molecule has 0 bridgehead atoms. The van der Waals surface area contributed by atoms with E-state index in [0.717, 1.165) is 11.3 Å². The molecular formula is C19H16N4O3. The Morgan fingerprint density at radius 1 is 1.19 bits per heavy atom. The molecule has 7 nitrogen and oxygen atoms in total. The number of nitrogens with zero attached hydrogens (tertiary/aromatic N) is 2. The molecule has 0 aliphatic rings. The van der Waals surface area contributed by atoms with Crippen LogP contribution in [0.5, 0.6) is 5.75 Å². The molecule has 2 aromatic carbocycles. The van der Waals surface area contributed by atoms with Gasteiger partial charge in [-0.15, -0.1) is 6.42 Å². The van der Waals surface area contributed by atoms with Gasteiger partial charge < -0.3 is 14.8 Å². The zero-order valence-electron chi connectivity index (χ0n) is 14.2. The van der Waals surface area contributed by atoms with Gasteiger partial charge in [0.1, 0.15) is 17.9 Å². The van der Waals surface area contributed by atoms with Gasteiger partial charge in [-0.1, -0.05) is 12.0 Å². The lowest BCUT2D eigenvalue weighted by Gasteiger charge is -2.13. The molecule has 0 aliphatic carbocycles. The van der Waals surface area contributed by atoms with Gasteiger partial charge in [-0.25, -0.2) is 14.8 Å². The summed E-state index contributed by atoms with van der Waals surface area (Å²) >= 11 is 0. The minimum Gasteiger partial charge on any atom is -0.494 e.